The molecule has 0 saturated carbocycles. The van der Waals surface area contributed by atoms with Crippen molar-refractivity contribution < 1.29 is 19.1 Å². The molecule has 0 radical (unpaired) electrons. The monoisotopic (exact) mass is 322 g/mol. The largest absolute Gasteiger partial charge is 0.370 e. The number of carbonyl (C=O) groups is 2. The van der Waals surface area contributed by atoms with Gasteiger partial charge >= 0.3 is 0 Å². The Hall–Kier alpha value is -1.93. The molecule has 8 nitrogen and oxygen atoms in total. The van der Waals surface area contributed by atoms with Crippen molar-refractivity contribution in [2.24, 2.45) is 7.05 Å². The summed E-state index contributed by atoms with van der Waals surface area (Å²) in [7, 11) is 3.37. The number of hydrogen-bond acceptors (Lipinski definition) is 5. The molecule has 2 aliphatic heterocycles. The molecule has 0 unspecified atom stereocenters. The number of likely N-dealkylation sites (tertiary alicyclic amines) is 1. The van der Waals surface area contributed by atoms with Crippen LogP contribution < -0.4 is 5.32 Å². The Labute approximate surface area is 134 Å². The number of likely N-dealkylation sites (N-methyl/N-ethyl adjacent to an activating group) is 1. The zero-order valence-corrected chi connectivity index (χ0v) is 13.4. The van der Waals surface area contributed by atoms with E-state index in [1.165, 1.54) is 0 Å². The predicted molar refractivity (Wildman–Crippen MR) is 80.8 cm³/mol. The van der Waals surface area contributed by atoms with E-state index in [4.69, 9.17) is 9.47 Å². The molecule has 2 aliphatic rings. The van der Waals surface area contributed by atoms with Crippen LogP contribution >= 0.6 is 0 Å². The molecular formula is C15H22N4O4. The molecule has 126 valence electrons. The summed E-state index contributed by atoms with van der Waals surface area (Å²) in [5.41, 5.74) is 0.104. The smallest absolute Gasteiger partial charge is 0.274 e. The minimum Gasteiger partial charge on any atom is -0.370 e. The Balaban J connectivity index is 1.55. The number of hydrogen-bond donors (Lipinski definition) is 1. The summed E-state index contributed by atoms with van der Waals surface area (Å²) in [5, 5.41) is 6.68. The zero-order chi connectivity index (χ0) is 16.4. The van der Waals surface area contributed by atoms with Crippen LogP contribution in [0.4, 0.5) is 0 Å². The number of carbonyl (C=O) groups excluding carboxylic acids is 2. The Morgan fingerprint density at radius 3 is 3.09 bits per heavy atom. The van der Waals surface area contributed by atoms with Gasteiger partial charge in [0.2, 0.25) is 5.91 Å². The lowest BCUT2D eigenvalue weighted by Gasteiger charge is -2.23. The van der Waals surface area contributed by atoms with Crippen molar-refractivity contribution >= 4 is 11.8 Å². The molecule has 3 rings (SSSR count). The number of aromatic nitrogens is 2. The van der Waals surface area contributed by atoms with E-state index in [-0.39, 0.29) is 30.1 Å². The average molecular weight is 322 g/mol. The molecule has 0 aromatic carbocycles. The molecule has 1 aromatic rings. The molecule has 2 amide bonds. The quantitative estimate of drug-likeness (QED) is 0.812. The van der Waals surface area contributed by atoms with Crippen molar-refractivity contribution in [1.82, 2.24) is 20.0 Å². The molecule has 8 heteroatoms. The van der Waals surface area contributed by atoms with E-state index in [2.05, 4.69) is 10.4 Å². The summed E-state index contributed by atoms with van der Waals surface area (Å²) in [6, 6.07) is 1.72. The lowest BCUT2D eigenvalue weighted by atomic mass is 9.98. The second-order valence-electron chi connectivity index (χ2n) is 6.16. The van der Waals surface area contributed by atoms with Gasteiger partial charge < -0.3 is 19.7 Å². The fraction of sp³-hybridized carbons (Fsp3) is 0.667. The minimum atomic E-state index is -0.349. The highest BCUT2D eigenvalue weighted by atomic mass is 16.6. The molecule has 2 fully saturated rings. The lowest BCUT2D eigenvalue weighted by molar-refractivity contribution is -0.127. The van der Waals surface area contributed by atoms with Gasteiger partial charge in [-0.05, 0) is 12.5 Å². The fourth-order valence-corrected chi connectivity index (χ4v) is 3.17. The summed E-state index contributed by atoms with van der Waals surface area (Å²) < 4.78 is 13.1. The third-order valence-electron chi connectivity index (χ3n) is 4.44. The van der Waals surface area contributed by atoms with Gasteiger partial charge in [0.1, 0.15) is 12.3 Å². The normalized spacial score (nSPS) is 26.9. The van der Waals surface area contributed by atoms with Crippen LogP contribution in [-0.4, -0.2) is 71.6 Å². The number of rotatable bonds is 4. The first-order valence-electron chi connectivity index (χ1n) is 7.76. The molecule has 3 heterocycles. The second-order valence-corrected chi connectivity index (χ2v) is 6.16. The van der Waals surface area contributed by atoms with Crippen LogP contribution in [-0.2, 0) is 21.3 Å². The Morgan fingerprint density at radius 2 is 2.39 bits per heavy atom. The third-order valence-corrected chi connectivity index (χ3v) is 4.44. The standard InChI is InChI=1S/C15H22N4O4/c1-16-13(20)9-22-11-7-15(23-8-11)4-6-19(10-15)14(21)12-3-5-18(2)17-12/h3,5,11H,4,6-10H2,1-2H3,(H,16,20)/t11-,15+/m0/s1. The van der Waals surface area contributed by atoms with Crippen LogP contribution in [0, 0.1) is 0 Å². The first-order valence-corrected chi connectivity index (χ1v) is 7.76. The SMILES string of the molecule is CNC(=O)CO[C@@H]1CO[C@]2(CCN(C(=O)c3ccn(C)n3)C2)C1. The summed E-state index contributed by atoms with van der Waals surface area (Å²) in [6.45, 7) is 1.69. The van der Waals surface area contributed by atoms with Gasteiger partial charge in [-0.1, -0.05) is 0 Å². The van der Waals surface area contributed by atoms with Gasteiger partial charge in [-0.25, -0.2) is 0 Å². The van der Waals surface area contributed by atoms with Crippen molar-refractivity contribution in [3.63, 3.8) is 0 Å². The molecule has 2 atom stereocenters. The van der Waals surface area contributed by atoms with E-state index >= 15 is 0 Å². The summed E-state index contributed by atoms with van der Waals surface area (Å²) in [4.78, 5) is 25.5. The van der Waals surface area contributed by atoms with Crippen LogP contribution in [0.5, 0.6) is 0 Å². The topological polar surface area (TPSA) is 85.7 Å². The molecule has 1 N–H and O–H groups in total. The van der Waals surface area contributed by atoms with Gasteiger partial charge in [0.05, 0.1) is 24.9 Å². The fourth-order valence-electron chi connectivity index (χ4n) is 3.17. The van der Waals surface area contributed by atoms with Crippen molar-refractivity contribution in [2.45, 2.75) is 24.5 Å². The Kier molecular flexibility index (Phi) is 4.36. The molecule has 23 heavy (non-hydrogen) atoms. The first-order chi connectivity index (χ1) is 11.0. The highest BCUT2D eigenvalue weighted by molar-refractivity contribution is 5.92. The van der Waals surface area contributed by atoms with Crippen molar-refractivity contribution in [3.8, 4) is 0 Å². The molecule has 1 aromatic heterocycles. The highest BCUT2D eigenvalue weighted by Crippen LogP contribution is 2.36. The van der Waals surface area contributed by atoms with Crippen molar-refractivity contribution in [3.05, 3.63) is 18.0 Å². The second kappa shape index (κ2) is 6.29. The van der Waals surface area contributed by atoms with E-state index in [0.717, 1.165) is 6.42 Å². The maximum absolute atomic E-state index is 12.4. The van der Waals surface area contributed by atoms with E-state index in [0.29, 0.717) is 31.8 Å². The maximum atomic E-state index is 12.4. The molecule has 1 spiro atoms. The molecule has 2 saturated heterocycles. The number of ether oxygens (including phenoxy) is 2. The van der Waals surface area contributed by atoms with Crippen LogP contribution in [0.15, 0.2) is 12.3 Å². The minimum absolute atomic E-state index is 0.0389. The Bertz CT molecular complexity index is 602. The molecular weight excluding hydrogens is 300 g/mol. The van der Waals surface area contributed by atoms with Gasteiger partial charge in [-0.3, -0.25) is 14.3 Å². The number of nitrogens with one attached hydrogen (secondary N) is 1. The summed E-state index contributed by atoms with van der Waals surface area (Å²) in [6.07, 6.45) is 3.15. The van der Waals surface area contributed by atoms with Crippen molar-refractivity contribution in [1.29, 1.82) is 0 Å². The van der Waals surface area contributed by atoms with E-state index < -0.39 is 0 Å². The van der Waals surface area contributed by atoms with Gasteiger partial charge in [-0.15, -0.1) is 0 Å². The van der Waals surface area contributed by atoms with Crippen LogP contribution in [0.3, 0.4) is 0 Å². The highest BCUT2D eigenvalue weighted by Gasteiger charge is 2.47. The van der Waals surface area contributed by atoms with E-state index in [1.807, 2.05) is 0 Å². The van der Waals surface area contributed by atoms with E-state index in [9.17, 15) is 9.59 Å². The van der Waals surface area contributed by atoms with Crippen LogP contribution in [0.2, 0.25) is 0 Å². The first kappa shape index (κ1) is 15.9. The van der Waals surface area contributed by atoms with Crippen LogP contribution in [0.25, 0.3) is 0 Å². The summed E-state index contributed by atoms with van der Waals surface area (Å²) in [5.74, 6) is -0.217. The van der Waals surface area contributed by atoms with Gasteiger partial charge in [0.25, 0.3) is 5.91 Å². The number of amides is 2. The van der Waals surface area contributed by atoms with Gasteiger partial charge in [-0.2, -0.15) is 5.10 Å². The summed E-state index contributed by atoms with van der Waals surface area (Å²) >= 11 is 0. The van der Waals surface area contributed by atoms with Gasteiger partial charge in [0, 0.05) is 33.3 Å². The van der Waals surface area contributed by atoms with Gasteiger partial charge in [0.15, 0.2) is 0 Å². The maximum Gasteiger partial charge on any atom is 0.274 e. The molecule has 0 aliphatic carbocycles. The average Bonchev–Trinajstić information content (AvgIpc) is 3.26. The van der Waals surface area contributed by atoms with Crippen molar-refractivity contribution in [2.75, 3.05) is 33.4 Å². The Morgan fingerprint density at radius 1 is 1.57 bits per heavy atom. The van der Waals surface area contributed by atoms with E-state index in [1.54, 1.807) is 35.9 Å². The lowest BCUT2D eigenvalue weighted by Crippen LogP contribution is -2.36. The number of aryl methyl sites for hydroxylation is 1. The van der Waals surface area contributed by atoms with Crippen LogP contribution in [0.1, 0.15) is 23.3 Å². The third kappa shape index (κ3) is 3.37. The predicted octanol–water partition coefficient (Wildman–Crippen LogP) is -0.444. The zero-order valence-electron chi connectivity index (χ0n) is 13.4. The number of nitrogens with zero attached hydrogens (tertiary/aromatic N) is 3. The molecule has 0 bridgehead atoms.